The monoisotopic (exact) mass is 320 g/mol. The fraction of sp³-hybridized carbons (Fsp3) is 0.333. The Morgan fingerprint density at radius 1 is 0.708 bits per heavy atom. The normalized spacial score (nSPS) is 22.8. The second kappa shape index (κ2) is 5.58. The summed E-state index contributed by atoms with van der Waals surface area (Å²) in [6.07, 6.45) is 5.61. The van der Waals surface area contributed by atoms with Crippen LogP contribution < -0.4 is 10.6 Å². The van der Waals surface area contributed by atoms with Crippen molar-refractivity contribution in [3.63, 3.8) is 0 Å². The zero-order valence-corrected chi connectivity index (χ0v) is 13.3. The predicted molar refractivity (Wildman–Crippen MR) is 90.7 cm³/mol. The third kappa shape index (κ3) is 2.18. The Hall–Kier alpha value is -2.44. The number of H-pyrrole nitrogens is 2. The summed E-state index contributed by atoms with van der Waals surface area (Å²) < 4.78 is 0. The molecule has 2 aliphatic heterocycles. The van der Waals surface area contributed by atoms with Crippen molar-refractivity contribution in [1.29, 1.82) is 0 Å². The van der Waals surface area contributed by atoms with E-state index >= 15 is 0 Å². The molecule has 24 heavy (non-hydrogen) atoms. The first-order valence-corrected chi connectivity index (χ1v) is 8.51. The summed E-state index contributed by atoms with van der Waals surface area (Å²) in [5, 5.41) is 7.15. The van der Waals surface area contributed by atoms with Crippen molar-refractivity contribution in [2.24, 2.45) is 0 Å². The number of hydrogen-bond acceptors (Lipinski definition) is 4. The van der Waals surface area contributed by atoms with E-state index in [-0.39, 0.29) is 12.1 Å². The average Bonchev–Trinajstić information content (AvgIpc) is 3.30. The Bertz CT molecular complexity index is 775. The van der Waals surface area contributed by atoms with Crippen molar-refractivity contribution < 1.29 is 0 Å². The van der Waals surface area contributed by atoms with Crippen LogP contribution in [0, 0.1) is 0 Å². The van der Waals surface area contributed by atoms with Gasteiger partial charge >= 0.3 is 0 Å². The molecular formula is C18H20N6. The molecule has 1 aromatic carbocycles. The van der Waals surface area contributed by atoms with Gasteiger partial charge in [0.2, 0.25) is 0 Å². The number of aromatic nitrogens is 4. The van der Waals surface area contributed by atoms with Crippen LogP contribution in [0.25, 0.3) is 0 Å². The Morgan fingerprint density at radius 2 is 1.17 bits per heavy atom. The second-order valence-electron chi connectivity index (χ2n) is 6.47. The molecule has 0 bridgehead atoms. The van der Waals surface area contributed by atoms with Crippen LogP contribution in [0.2, 0.25) is 0 Å². The first-order valence-electron chi connectivity index (χ1n) is 8.51. The molecule has 0 amide bonds. The maximum atomic E-state index is 4.51. The van der Waals surface area contributed by atoms with Gasteiger partial charge in [-0.1, -0.05) is 24.3 Å². The first-order chi connectivity index (χ1) is 11.9. The fourth-order valence-corrected chi connectivity index (χ4v) is 3.87. The molecule has 0 saturated carbocycles. The van der Waals surface area contributed by atoms with Crippen LogP contribution in [0.5, 0.6) is 0 Å². The summed E-state index contributed by atoms with van der Waals surface area (Å²) in [5.74, 6) is 0. The van der Waals surface area contributed by atoms with E-state index in [2.05, 4.69) is 54.8 Å². The van der Waals surface area contributed by atoms with Gasteiger partial charge in [-0.25, -0.2) is 9.97 Å². The van der Waals surface area contributed by atoms with Gasteiger partial charge in [0.05, 0.1) is 36.1 Å². The molecule has 122 valence electrons. The smallest absolute Gasteiger partial charge is 0.0926 e. The summed E-state index contributed by atoms with van der Waals surface area (Å²) in [6, 6.07) is 9.18. The molecule has 4 heterocycles. The molecule has 4 N–H and O–H groups in total. The van der Waals surface area contributed by atoms with Gasteiger partial charge in [-0.3, -0.25) is 0 Å². The Labute approximate surface area is 140 Å². The topological polar surface area (TPSA) is 81.4 Å². The van der Waals surface area contributed by atoms with Crippen molar-refractivity contribution in [2.75, 3.05) is 13.1 Å². The van der Waals surface area contributed by atoms with Gasteiger partial charge in [-0.2, -0.15) is 0 Å². The SMILES string of the molecule is c1nc2c([nH]1)CCNC2c1ccc(C2NCCc3[nH]cnc32)cc1. The van der Waals surface area contributed by atoms with Crippen LogP contribution in [0.1, 0.15) is 46.0 Å². The fourth-order valence-electron chi connectivity index (χ4n) is 3.87. The summed E-state index contributed by atoms with van der Waals surface area (Å²) in [6.45, 7) is 1.95. The first kappa shape index (κ1) is 13.9. The van der Waals surface area contributed by atoms with Crippen LogP contribution in [-0.4, -0.2) is 33.0 Å². The number of nitrogens with zero attached hydrogens (tertiary/aromatic N) is 2. The van der Waals surface area contributed by atoms with Gasteiger partial charge < -0.3 is 20.6 Å². The number of imidazole rings is 2. The highest BCUT2D eigenvalue weighted by atomic mass is 15.0. The number of aromatic amines is 2. The molecule has 2 atom stereocenters. The molecule has 2 unspecified atom stereocenters. The van der Waals surface area contributed by atoms with Crippen molar-refractivity contribution in [2.45, 2.75) is 24.9 Å². The van der Waals surface area contributed by atoms with E-state index in [9.17, 15) is 0 Å². The van der Waals surface area contributed by atoms with Gasteiger partial charge in [-0.15, -0.1) is 0 Å². The van der Waals surface area contributed by atoms with Crippen LogP contribution >= 0.6 is 0 Å². The maximum Gasteiger partial charge on any atom is 0.0926 e. The van der Waals surface area contributed by atoms with E-state index in [0.717, 1.165) is 37.3 Å². The lowest BCUT2D eigenvalue weighted by Crippen LogP contribution is -2.31. The predicted octanol–water partition coefficient (Wildman–Crippen LogP) is 1.60. The third-order valence-corrected chi connectivity index (χ3v) is 5.10. The Morgan fingerprint density at radius 3 is 1.62 bits per heavy atom. The highest BCUT2D eigenvalue weighted by Crippen LogP contribution is 2.30. The van der Waals surface area contributed by atoms with E-state index in [0.29, 0.717) is 0 Å². The van der Waals surface area contributed by atoms with E-state index in [1.54, 1.807) is 12.7 Å². The van der Waals surface area contributed by atoms with Crippen LogP contribution in [-0.2, 0) is 12.8 Å². The maximum absolute atomic E-state index is 4.51. The van der Waals surface area contributed by atoms with Crippen molar-refractivity contribution >= 4 is 0 Å². The molecule has 3 aromatic rings. The summed E-state index contributed by atoms with van der Waals surface area (Å²) >= 11 is 0. The highest BCUT2D eigenvalue weighted by Gasteiger charge is 2.26. The molecule has 0 saturated heterocycles. The van der Waals surface area contributed by atoms with Crippen LogP contribution in [0.15, 0.2) is 36.9 Å². The minimum atomic E-state index is 0.175. The molecule has 0 radical (unpaired) electrons. The van der Waals surface area contributed by atoms with Gasteiger partial charge in [0.15, 0.2) is 0 Å². The van der Waals surface area contributed by atoms with Crippen LogP contribution in [0.3, 0.4) is 0 Å². The standard InChI is InChI=1S/C18H20N6/c1-2-12(16-18-14(6-8-20-16)22-10-24-18)4-3-11(1)15-17-13(5-7-19-15)21-9-23-17/h1-4,9-10,15-16,19-20H,5-8H2,(H,21,23)(H,22,24). The molecule has 6 heteroatoms. The summed E-state index contributed by atoms with van der Waals surface area (Å²) in [5.41, 5.74) is 7.25. The molecule has 2 aromatic heterocycles. The molecule has 2 aliphatic rings. The lowest BCUT2D eigenvalue weighted by atomic mass is 9.93. The lowest BCUT2D eigenvalue weighted by molar-refractivity contribution is 0.547. The molecule has 0 spiro atoms. The molecule has 6 nitrogen and oxygen atoms in total. The van der Waals surface area contributed by atoms with Gasteiger partial charge in [-0.05, 0) is 11.1 Å². The lowest BCUT2D eigenvalue weighted by Gasteiger charge is -2.25. The Kier molecular flexibility index (Phi) is 3.24. The quantitative estimate of drug-likeness (QED) is 0.578. The van der Waals surface area contributed by atoms with E-state index < -0.39 is 0 Å². The van der Waals surface area contributed by atoms with Gasteiger partial charge in [0.25, 0.3) is 0 Å². The van der Waals surface area contributed by atoms with E-state index in [1.165, 1.54) is 22.5 Å². The minimum Gasteiger partial charge on any atom is -0.348 e. The van der Waals surface area contributed by atoms with Crippen molar-refractivity contribution in [1.82, 2.24) is 30.6 Å². The molecule has 0 aliphatic carbocycles. The number of hydrogen-bond donors (Lipinski definition) is 4. The number of benzene rings is 1. The third-order valence-electron chi connectivity index (χ3n) is 5.10. The van der Waals surface area contributed by atoms with Crippen molar-refractivity contribution in [3.05, 3.63) is 70.8 Å². The average molecular weight is 320 g/mol. The molecule has 5 rings (SSSR count). The van der Waals surface area contributed by atoms with Gasteiger partial charge in [0, 0.05) is 37.3 Å². The summed E-state index contributed by atoms with van der Waals surface area (Å²) in [4.78, 5) is 15.5. The zero-order valence-electron chi connectivity index (χ0n) is 13.3. The largest absolute Gasteiger partial charge is 0.348 e. The number of nitrogens with one attached hydrogen (secondary N) is 4. The number of rotatable bonds is 2. The minimum absolute atomic E-state index is 0.175. The van der Waals surface area contributed by atoms with Crippen LogP contribution in [0.4, 0.5) is 0 Å². The highest BCUT2D eigenvalue weighted by molar-refractivity contribution is 5.38. The Balaban J connectivity index is 1.45. The second-order valence-corrected chi connectivity index (χ2v) is 6.47. The zero-order chi connectivity index (χ0) is 15.9. The molecule has 0 fully saturated rings. The van der Waals surface area contributed by atoms with E-state index in [1.807, 2.05) is 0 Å². The van der Waals surface area contributed by atoms with Gasteiger partial charge in [0.1, 0.15) is 0 Å². The summed E-state index contributed by atoms with van der Waals surface area (Å²) in [7, 11) is 0. The van der Waals surface area contributed by atoms with E-state index in [4.69, 9.17) is 0 Å². The number of fused-ring (bicyclic) bond motifs is 2. The van der Waals surface area contributed by atoms with Crippen molar-refractivity contribution in [3.8, 4) is 0 Å². The molecular weight excluding hydrogens is 300 g/mol.